The summed E-state index contributed by atoms with van der Waals surface area (Å²) in [7, 11) is 0. The number of nitrogens with zero attached hydrogens (tertiary/aromatic N) is 5. The number of halogens is 2. The van der Waals surface area contributed by atoms with E-state index in [0.29, 0.717) is 0 Å². The molecule has 2 aromatic carbocycles. The average Bonchev–Trinajstić information content (AvgIpc) is 3.29. The Bertz CT molecular complexity index is 1170. The molecule has 2 aromatic heterocycles. The molecule has 0 bridgehead atoms. The van der Waals surface area contributed by atoms with Gasteiger partial charge in [0.1, 0.15) is 5.52 Å². The number of aromatic nitrogens is 4. The molecule has 0 saturated heterocycles. The van der Waals surface area contributed by atoms with Crippen molar-refractivity contribution in [1.29, 1.82) is 0 Å². The fourth-order valence-corrected chi connectivity index (χ4v) is 4.57. The second-order valence-corrected chi connectivity index (χ2v) is 8.68. The van der Waals surface area contributed by atoms with Gasteiger partial charge >= 0.3 is 0 Å². The molecule has 0 amide bonds. The predicted octanol–water partition coefficient (Wildman–Crippen LogP) is 6.89. The summed E-state index contributed by atoms with van der Waals surface area (Å²) in [6.07, 6.45) is 2.19. The first-order valence-electron chi connectivity index (χ1n) is 10.2. The number of anilines is 2. The molecular weight excluding hydrogens is 553 g/mol. The van der Waals surface area contributed by atoms with Gasteiger partial charge in [0.05, 0.1) is 21.0 Å². The molecule has 0 saturated carbocycles. The Balaban J connectivity index is 0.00000256. The standard InChI is InChI=1S/C22H25Br2N5.Ni/c1-4-7-14-29(21-25-16-10-8-9-11-17(16)27(21)5-2)22-26-20-18(28(22)6-3)13-12-15(23)19(20)24;/h8-13H,4-7,14H2,1-3H3;. The molecule has 0 aliphatic heterocycles. The van der Waals surface area contributed by atoms with Gasteiger partial charge in [-0.3, -0.25) is 4.90 Å². The van der Waals surface area contributed by atoms with Crippen LogP contribution >= 0.6 is 31.9 Å². The van der Waals surface area contributed by atoms with Gasteiger partial charge in [-0.15, -0.1) is 0 Å². The van der Waals surface area contributed by atoms with Gasteiger partial charge in [0.25, 0.3) is 0 Å². The molecule has 4 rings (SSSR count). The third-order valence-corrected chi connectivity index (χ3v) is 7.27. The fraction of sp³-hybridized carbons (Fsp3) is 0.364. The van der Waals surface area contributed by atoms with Crippen molar-refractivity contribution in [2.24, 2.45) is 0 Å². The molecule has 0 radical (unpaired) electrons. The largest absolute Gasteiger partial charge is 0.310 e. The molecule has 8 heteroatoms. The van der Waals surface area contributed by atoms with Gasteiger partial charge in [0.2, 0.25) is 11.9 Å². The Morgan fingerprint density at radius 1 is 0.867 bits per heavy atom. The fourth-order valence-electron chi connectivity index (χ4n) is 3.83. The quantitative estimate of drug-likeness (QED) is 0.225. The molecule has 30 heavy (non-hydrogen) atoms. The first-order chi connectivity index (χ1) is 14.1. The van der Waals surface area contributed by atoms with Crippen molar-refractivity contribution < 1.29 is 16.5 Å². The van der Waals surface area contributed by atoms with Crippen molar-refractivity contribution in [3.05, 3.63) is 45.3 Å². The van der Waals surface area contributed by atoms with Gasteiger partial charge in [-0.1, -0.05) is 25.5 Å². The second kappa shape index (κ2) is 9.84. The summed E-state index contributed by atoms with van der Waals surface area (Å²) in [6.45, 7) is 9.14. The van der Waals surface area contributed by atoms with E-state index in [0.717, 1.165) is 75.4 Å². The van der Waals surface area contributed by atoms with Crippen molar-refractivity contribution in [2.75, 3.05) is 11.4 Å². The predicted molar refractivity (Wildman–Crippen MR) is 128 cm³/mol. The number of rotatable bonds is 7. The third kappa shape index (κ3) is 3.94. The Hall–Kier alpha value is -1.37. The zero-order valence-corrected chi connectivity index (χ0v) is 21.5. The molecule has 0 spiro atoms. The zero-order chi connectivity index (χ0) is 20.5. The van der Waals surface area contributed by atoms with Gasteiger partial charge in [-0.05, 0) is 76.4 Å². The maximum absolute atomic E-state index is 5.08. The minimum absolute atomic E-state index is 0. The molecule has 0 aliphatic rings. The van der Waals surface area contributed by atoms with E-state index in [-0.39, 0.29) is 16.5 Å². The van der Waals surface area contributed by atoms with Crippen LogP contribution in [0, 0.1) is 0 Å². The third-order valence-electron chi connectivity index (χ3n) is 5.28. The van der Waals surface area contributed by atoms with Crippen molar-refractivity contribution in [3.8, 4) is 0 Å². The van der Waals surface area contributed by atoms with Gasteiger partial charge in [0, 0.05) is 40.6 Å². The molecule has 0 atom stereocenters. The van der Waals surface area contributed by atoms with E-state index in [1.807, 2.05) is 6.07 Å². The molecule has 0 N–H and O–H groups in total. The van der Waals surface area contributed by atoms with Crippen LogP contribution in [0.3, 0.4) is 0 Å². The number of imidazole rings is 2. The van der Waals surface area contributed by atoms with Crippen LogP contribution in [0.25, 0.3) is 22.1 Å². The van der Waals surface area contributed by atoms with Gasteiger partial charge in [0.15, 0.2) is 0 Å². The summed E-state index contributed by atoms with van der Waals surface area (Å²) in [5.74, 6) is 1.90. The van der Waals surface area contributed by atoms with Crippen molar-refractivity contribution in [1.82, 2.24) is 19.1 Å². The van der Waals surface area contributed by atoms with Crippen molar-refractivity contribution in [3.63, 3.8) is 0 Å². The van der Waals surface area contributed by atoms with Crippen molar-refractivity contribution in [2.45, 2.75) is 46.7 Å². The molecule has 2 heterocycles. The van der Waals surface area contributed by atoms with E-state index >= 15 is 0 Å². The average molecular weight is 578 g/mol. The van der Waals surface area contributed by atoms with Crippen molar-refractivity contribution >= 4 is 65.8 Å². The Labute approximate surface area is 204 Å². The van der Waals surface area contributed by atoms with Crippen LogP contribution in [0.2, 0.25) is 0 Å². The van der Waals surface area contributed by atoms with Crippen LogP contribution in [0.1, 0.15) is 33.6 Å². The van der Waals surface area contributed by atoms with E-state index in [1.54, 1.807) is 0 Å². The number of unbranched alkanes of at least 4 members (excludes halogenated alkanes) is 1. The molecule has 0 unspecified atom stereocenters. The van der Waals surface area contributed by atoms with Crippen LogP contribution in [-0.4, -0.2) is 25.6 Å². The number of hydrogen-bond donors (Lipinski definition) is 0. The maximum atomic E-state index is 5.08. The molecule has 0 aliphatic carbocycles. The van der Waals surface area contributed by atoms with Gasteiger partial charge in [-0.25, -0.2) is 9.97 Å². The number of hydrogen-bond acceptors (Lipinski definition) is 3. The molecule has 0 fully saturated rings. The smallest absolute Gasteiger partial charge is 0.213 e. The summed E-state index contributed by atoms with van der Waals surface area (Å²) in [5, 5.41) is 0. The Morgan fingerprint density at radius 2 is 1.53 bits per heavy atom. The molecular formula is C22H25Br2N5Ni. The molecule has 4 aromatic rings. The van der Waals surface area contributed by atoms with Crippen LogP contribution < -0.4 is 4.90 Å². The van der Waals surface area contributed by atoms with Crippen LogP contribution in [0.5, 0.6) is 0 Å². The van der Waals surface area contributed by atoms with Gasteiger partial charge < -0.3 is 9.13 Å². The van der Waals surface area contributed by atoms with Crippen LogP contribution in [-0.2, 0) is 29.6 Å². The topological polar surface area (TPSA) is 38.9 Å². The van der Waals surface area contributed by atoms with E-state index in [9.17, 15) is 0 Å². The van der Waals surface area contributed by atoms with Crippen LogP contribution in [0.4, 0.5) is 11.9 Å². The first kappa shape index (κ1) is 23.3. The van der Waals surface area contributed by atoms with E-state index < -0.39 is 0 Å². The van der Waals surface area contributed by atoms with E-state index in [1.165, 1.54) is 0 Å². The monoisotopic (exact) mass is 575 g/mol. The Morgan fingerprint density at radius 3 is 2.23 bits per heavy atom. The normalized spacial score (nSPS) is 11.2. The van der Waals surface area contributed by atoms with Crippen LogP contribution in [0.15, 0.2) is 45.3 Å². The minimum Gasteiger partial charge on any atom is -0.310 e. The number of fused-ring (bicyclic) bond motifs is 2. The summed E-state index contributed by atoms with van der Waals surface area (Å²) in [5.41, 5.74) is 4.28. The first-order valence-corrected chi connectivity index (χ1v) is 11.8. The summed E-state index contributed by atoms with van der Waals surface area (Å²) in [4.78, 5) is 12.4. The van der Waals surface area contributed by atoms with E-state index in [2.05, 4.69) is 97.0 Å². The molecule has 5 nitrogen and oxygen atoms in total. The number of aryl methyl sites for hydroxylation is 2. The second-order valence-electron chi connectivity index (χ2n) is 7.04. The molecule has 162 valence electrons. The summed E-state index contributed by atoms with van der Waals surface area (Å²) in [6, 6.07) is 12.5. The van der Waals surface area contributed by atoms with E-state index in [4.69, 9.17) is 9.97 Å². The number of benzene rings is 2. The number of para-hydroxylation sites is 2. The minimum atomic E-state index is 0. The SMILES string of the molecule is CCCCN(c1nc2ccccc2n1CC)c1nc2c(Br)c(Br)ccc2n1CC.[Ni]. The summed E-state index contributed by atoms with van der Waals surface area (Å²) < 4.78 is 6.57. The summed E-state index contributed by atoms with van der Waals surface area (Å²) >= 11 is 7.33. The maximum Gasteiger partial charge on any atom is 0.213 e. The Kier molecular flexibility index (Phi) is 7.64. The zero-order valence-electron chi connectivity index (χ0n) is 17.3. The van der Waals surface area contributed by atoms with Gasteiger partial charge in [-0.2, -0.15) is 0 Å².